The number of carbonyl (C=O) groups is 2. The largest absolute Gasteiger partial charge is 0.469 e. The fourth-order valence-electron chi connectivity index (χ4n) is 1.16. The van der Waals surface area contributed by atoms with Gasteiger partial charge >= 0.3 is 5.97 Å². The molecule has 0 saturated carbocycles. The molecule has 0 rings (SSSR count). The van der Waals surface area contributed by atoms with Gasteiger partial charge in [-0.05, 0) is 27.7 Å². The first-order valence-corrected chi connectivity index (χ1v) is 5.78. The average Bonchev–Trinajstić information content (AvgIpc) is 2.25. The minimum atomic E-state index is -0.336. The Morgan fingerprint density at radius 3 is 2.24 bits per heavy atom. The summed E-state index contributed by atoms with van der Waals surface area (Å²) in [6, 6.07) is 0. The fraction of sp³-hybridized carbons (Fsp3) is 0.833. The van der Waals surface area contributed by atoms with Crippen LogP contribution in [-0.2, 0) is 19.1 Å². The number of rotatable bonds is 6. The summed E-state index contributed by atoms with van der Waals surface area (Å²) in [5, 5.41) is 0. The summed E-state index contributed by atoms with van der Waals surface area (Å²) in [4.78, 5) is 24.3. The van der Waals surface area contributed by atoms with E-state index in [1.807, 2.05) is 27.7 Å². The van der Waals surface area contributed by atoms with Gasteiger partial charge in [-0.15, -0.1) is 0 Å². The van der Waals surface area contributed by atoms with Gasteiger partial charge in [0.2, 0.25) is 5.91 Å². The molecule has 100 valence electrons. The van der Waals surface area contributed by atoms with E-state index in [4.69, 9.17) is 4.74 Å². The Balaban J connectivity index is 4.08. The molecule has 0 aromatic carbocycles. The van der Waals surface area contributed by atoms with Gasteiger partial charge in [0, 0.05) is 13.1 Å². The predicted molar refractivity (Wildman–Crippen MR) is 64.6 cm³/mol. The molecule has 17 heavy (non-hydrogen) atoms. The van der Waals surface area contributed by atoms with E-state index in [0.717, 1.165) is 0 Å². The topological polar surface area (TPSA) is 55.8 Å². The maximum atomic E-state index is 11.8. The van der Waals surface area contributed by atoms with Gasteiger partial charge < -0.3 is 14.4 Å². The van der Waals surface area contributed by atoms with Crippen molar-refractivity contribution in [3.63, 3.8) is 0 Å². The molecule has 0 radical (unpaired) electrons. The van der Waals surface area contributed by atoms with Gasteiger partial charge in [0.1, 0.15) is 6.61 Å². The molecule has 0 N–H and O–H groups in total. The zero-order valence-corrected chi connectivity index (χ0v) is 11.4. The number of carbonyl (C=O) groups excluding carboxylic acids is 2. The smallest absolute Gasteiger partial charge is 0.307 e. The SMILES string of the molecule is CCN(CCC(=O)OC)C(=O)COC(C)(C)C. The van der Waals surface area contributed by atoms with Crippen LogP contribution in [0.2, 0.25) is 0 Å². The standard InChI is InChI=1S/C12H23NO4/c1-6-13(8-7-11(15)16-5)10(14)9-17-12(2,3)4/h6-9H2,1-5H3. The van der Waals surface area contributed by atoms with Crippen LogP contribution in [-0.4, -0.2) is 49.2 Å². The van der Waals surface area contributed by atoms with Gasteiger partial charge in [-0.25, -0.2) is 0 Å². The van der Waals surface area contributed by atoms with E-state index in [-0.39, 0.29) is 30.5 Å². The van der Waals surface area contributed by atoms with E-state index in [1.165, 1.54) is 7.11 Å². The number of ether oxygens (including phenoxy) is 2. The molecule has 0 aliphatic heterocycles. The third kappa shape index (κ3) is 7.74. The minimum Gasteiger partial charge on any atom is -0.469 e. The van der Waals surface area contributed by atoms with Crippen LogP contribution >= 0.6 is 0 Å². The van der Waals surface area contributed by atoms with Crippen LogP contribution in [0, 0.1) is 0 Å². The molecule has 5 nitrogen and oxygen atoms in total. The van der Waals surface area contributed by atoms with Gasteiger partial charge in [0.25, 0.3) is 0 Å². The Bertz CT molecular complexity index is 258. The van der Waals surface area contributed by atoms with Gasteiger partial charge in [0.15, 0.2) is 0 Å². The minimum absolute atomic E-state index is 0.0402. The quantitative estimate of drug-likeness (QED) is 0.660. The van der Waals surface area contributed by atoms with Crippen molar-refractivity contribution < 1.29 is 19.1 Å². The molecule has 0 heterocycles. The lowest BCUT2D eigenvalue weighted by Crippen LogP contribution is -2.37. The Morgan fingerprint density at radius 1 is 1.24 bits per heavy atom. The van der Waals surface area contributed by atoms with E-state index in [9.17, 15) is 9.59 Å². The molecule has 0 bridgehead atoms. The Labute approximate surface area is 103 Å². The van der Waals surface area contributed by atoms with Crippen LogP contribution in [0.1, 0.15) is 34.1 Å². The van der Waals surface area contributed by atoms with Crippen LogP contribution in [0.4, 0.5) is 0 Å². The lowest BCUT2D eigenvalue weighted by atomic mass is 10.2. The molecule has 0 fully saturated rings. The third-order valence-electron chi connectivity index (χ3n) is 2.18. The summed E-state index contributed by atoms with van der Waals surface area (Å²) < 4.78 is 9.93. The Kier molecular flexibility index (Phi) is 6.80. The summed E-state index contributed by atoms with van der Waals surface area (Å²) >= 11 is 0. The number of nitrogens with zero attached hydrogens (tertiary/aromatic N) is 1. The van der Waals surface area contributed by atoms with E-state index in [1.54, 1.807) is 4.90 Å². The number of hydrogen-bond acceptors (Lipinski definition) is 4. The highest BCUT2D eigenvalue weighted by Crippen LogP contribution is 2.07. The van der Waals surface area contributed by atoms with Gasteiger partial charge in [0.05, 0.1) is 19.1 Å². The Morgan fingerprint density at radius 2 is 1.82 bits per heavy atom. The van der Waals surface area contributed by atoms with Crippen LogP contribution in [0.3, 0.4) is 0 Å². The first-order chi connectivity index (χ1) is 7.80. The summed E-state index contributed by atoms with van der Waals surface area (Å²) in [6.07, 6.45) is 0.214. The number of likely N-dealkylation sites (N-methyl/N-ethyl adjacent to an activating group) is 1. The molecule has 0 aromatic rings. The van der Waals surface area contributed by atoms with E-state index >= 15 is 0 Å². The molecule has 0 aromatic heterocycles. The molecule has 0 aliphatic carbocycles. The molecule has 0 unspecified atom stereocenters. The third-order valence-corrected chi connectivity index (χ3v) is 2.18. The predicted octanol–water partition coefficient (Wildman–Crippen LogP) is 1.21. The molecule has 0 aliphatic rings. The van der Waals surface area contributed by atoms with Crippen LogP contribution < -0.4 is 0 Å². The van der Waals surface area contributed by atoms with E-state index < -0.39 is 0 Å². The summed E-state index contributed by atoms with van der Waals surface area (Å²) in [5.41, 5.74) is -0.336. The highest BCUT2D eigenvalue weighted by Gasteiger charge is 2.17. The maximum Gasteiger partial charge on any atom is 0.307 e. The second kappa shape index (κ2) is 7.27. The van der Waals surface area contributed by atoms with E-state index in [2.05, 4.69) is 4.74 Å². The molecule has 0 spiro atoms. The van der Waals surface area contributed by atoms with Crippen molar-refractivity contribution in [3.8, 4) is 0 Å². The highest BCUT2D eigenvalue weighted by atomic mass is 16.5. The average molecular weight is 245 g/mol. The molecule has 1 amide bonds. The van der Waals surface area contributed by atoms with Crippen LogP contribution in [0.15, 0.2) is 0 Å². The molecule has 5 heteroatoms. The van der Waals surface area contributed by atoms with Crippen LogP contribution in [0.5, 0.6) is 0 Å². The number of amides is 1. The van der Waals surface area contributed by atoms with Crippen LogP contribution in [0.25, 0.3) is 0 Å². The van der Waals surface area contributed by atoms with Gasteiger partial charge in [-0.3, -0.25) is 9.59 Å². The second-order valence-electron chi connectivity index (χ2n) is 4.70. The monoisotopic (exact) mass is 245 g/mol. The maximum absolute atomic E-state index is 11.8. The number of methoxy groups -OCH3 is 1. The van der Waals surface area contributed by atoms with Crippen molar-refractivity contribution in [2.24, 2.45) is 0 Å². The molecule has 0 saturated heterocycles. The lowest BCUT2D eigenvalue weighted by Gasteiger charge is -2.24. The zero-order chi connectivity index (χ0) is 13.5. The summed E-state index contributed by atoms with van der Waals surface area (Å²) in [5.74, 6) is -0.417. The molecular weight excluding hydrogens is 222 g/mol. The summed E-state index contributed by atoms with van der Waals surface area (Å²) in [7, 11) is 1.34. The highest BCUT2D eigenvalue weighted by molar-refractivity contribution is 5.78. The number of hydrogen-bond donors (Lipinski definition) is 0. The van der Waals surface area contributed by atoms with Crippen molar-refractivity contribution in [2.75, 3.05) is 26.8 Å². The van der Waals surface area contributed by atoms with E-state index in [0.29, 0.717) is 13.1 Å². The Hall–Kier alpha value is -1.10. The lowest BCUT2D eigenvalue weighted by molar-refractivity contribution is -0.144. The van der Waals surface area contributed by atoms with Crippen molar-refractivity contribution in [3.05, 3.63) is 0 Å². The normalized spacial score (nSPS) is 11.1. The summed E-state index contributed by atoms with van der Waals surface area (Å²) in [6.45, 7) is 8.52. The molecular formula is C12H23NO4. The van der Waals surface area contributed by atoms with Gasteiger partial charge in [-0.1, -0.05) is 0 Å². The van der Waals surface area contributed by atoms with Crippen molar-refractivity contribution in [1.82, 2.24) is 4.90 Å². The fourth-order valence-corrected chi connectivity index (χ4v) is 1.16. The first-order valence-electron chi connectivity index (χ1n) is 5.78. The van der Waals surface area contributed by atoms with Crippen molar-refractivity contribution >= 4 is 11.9 Å². The number of esters is 1. The molecule has 0 atom stereocenters. The zero-order valence-electron chi connectivity index (χ0n) is 11.4. The second-order valence-corrected chi connectivity index (χ2v) is 4.70. The first kappa shape index (κ1) is 15.9. The van der Waals surface area contributed by atoms with Crippen molar-refractivity contribution in [1.29, 1.82) is 0 Å². The van der Waals surface area contributed by atoms with Gasteiger partial charge in [-0.2, -0.15) is 0 Å². The van der Waals surface area contributed by atoms with Crippen molar-refractivity contribution in [2.45, 2.75) is 39.7 Å².